The second kappa shape index (κ2) is 5.81. The monoisotopic (exact) mass is 326 g/mol. The number of carbonyl (C=O) groups is 2. The number of nitrogens with one attached hydrogen (secondary N) is 1. The number of amides is 2. The first-order chi connectivity index (χ1) is 11.0. The van der Waals surface area contributed by atoms with Crippen molar-refractivity contribution in [1.29, 1.82) is 0 Å². The number of nitrogens with zero attached hydrogens (tertiary/aromatic N) is 1. The molecule has 1 aliphatic rings. The third-order valence-electron chi connectivity index (χ3n) is 3.41. The van der Waals surface area contributed by atoms with Gasteiger partial charge in [0, 0.05) is 0 Å². The number of furan rings is 1. The number of hydrogen-bond acceptors (Lipinski definition) is 4. The van der Waals surface area contributed by atoms with E-state index in [9.17, 15) is 9.59 Å². The smallest absolute Gasteiger partial charge is 0.270 e. The van der Waals surface area contributed by atoms with E-state index in [1.165, 1.54) is 11.0 Å². The number of rotatable bonds is 2. The molecule has 0 bridgehead atoms. The fourth-order valence-electron chi connectivity index (χ4n) is 2.33. The minimum Gasteiger partial charge on any atom is -0.462 e. The topological polar surface area (TPSA) is 62.6 Å². The largest absolute Gasteiger partial charge is 0.462 e. The first kappa shape index (κ1) is 15.2. The summed E-state index contributed by atoms with van der Waals surface area (Å²) < 4.78 is 5.41. The van der Waals surface area contributed by atoms with Gasteiger partial charge in [0.25, 0.3) is 11.8 Å². The summed E-state index contributed by atoms with van der Waals surface area (Å²) in [4.78, 5) is 26.2. The van der Waals surface area contributed by atoms with Crippen molar-refractivity contribution in [2.45, 2.75) is 13.8 Å². The maximum Gasteiger partial charge on any atom is 0.270 e. The van der Waals surface area contributed by atoms with Crippen LogP contribution in [-0.4, -0.2) is 16.9 Å². The zero-order valence-corrected chi connectivity index (χ0v) is 13.4. The Morgan fingerprint density at radius 3 is 2.61 bits per heavy atom. The molecule has 2 amide bonds. The van der Waals surface area contributed by atoms with E-state index in [1.807, 2.05) is 25.1 Å². The average Bonchev–Trinajstić information content (AvgIpc) is 2.89. The Kier molecular flexibility index (Phi) is 3.83. The van der Waals surface area contributed by atoms with Crippen molar-refractivity contribution in [3.05, 3.63) is 59.1 Å². The molecule has 0 spiro atoms. The Hall–Kier alpha value is -2.73. The summed E-state index contributed by atoms with van der Waals surface area (Å²) in [6.07, 6.45) is 1.43. The van der Waals surface area contributed by atoms with Gasteiger partial charge in [0.15, 0.2) is 5.11 Å². The summed E-state index contributed by atoms with van der Waals surface area (Å²) in [5, 5.41) is 2.61. The highest BCUT2D eigenvalue weighted by Crippen LogP contribution is 2.23. The van der Waals surface area contributed by atoms with Crippen molar-refractivity contribution in [3.63, 3.8) is 0 Å². The number of anilines is 1. The molecule has 0 unspecified atom stereocenters. The Labute approximate surface area is 138 Å². The van der Waals surface area contributed by atoms with Gasteiger partial charge >= 0.3 is 0 Å². The molecule has 0 aliphatic carbocycles. The van der Waals surface area contributed by atoms with Gasteiger partial charge in [-0.15, -0.1) is 0 Å². The molecule has 1 N–H and O–H groups in total. The van der Waals surface area contributed by atoms with Crippen LogP contribution in [0.2, 0.25) is 0 Å². The lowest BCUT2D eigenvalue weighted by molar-refractivity contribution is -0.122. The summed E-state index contributed by atoms with van der Waals surface area (Å²) in [7, 11) is 0. The average molecular weight is 326 g/mol. The predicted molar refractivity (Wildman–Crippen MR) is 90.8 cm³/mol. The van der Waals surface area contributed by atoms with Gasteiger partial charge in [-0.2, -0.15) is 0 Å². The summed E-state index contributed by atoms with van der Waals surface area (Å²) in [5.74, 6) is 0.140. The van der Waals surface area contributed by atoms with Crippen LogP contribution < -0.4 is 10.2 Å². The molecule has 5 nitrogen and oxygen atoms in total. The van der Waals surface area contributed by atoms with Gasteiger partial charge in [0.1, 0.15) is 17.1 Å². The van der Waals surface area contributed by atoms with Gasteiger partial charge in [-0.3, -0.25) is 19.8 Å². The Morgan fingerprint density at radius 1 is 1.17 bits per heavy atom. The Bertz CT molecular complexity index is 851. The highest BCUT2D eigenvalue weighted by molar-refractivity contribution is 7.80. The van der Waals surface area contributed by atoms with Crippen LogP contribution in [0, 0.1) is 13.8 Å². The quantitative estimate of drug-likeness (QED) is 0.524. The van der Waals surface area contributed by atoms with E-state index in [0.717, 1.165) is 5.56 Å². The molecule has 116 valence electrons. The SMILES string of the molecule is Cc1cccc(N2C(=O)/C(=C\c3ccc(C)o3)C(=O)NC2=S)c1. The van der Waals surface area contributed by atoms with E-state index >= 15 is 0 Å². The zero-order valence-electron chi connectivity index (χ0n) is 12.6. The summed E-state index contributed by atoms with van der Waals surface area (Å²) in [6.45, 7) is 3.71. The van der Waals surface area contributed by atoms with E-state index in [1.54, 1.807) is 25.1 Å². The van der Waals surface area contributed by atoms with Crippen molar-refractivity contribution >= 4 is 40.9 Å². The normalized spacial score (nSPS) is 16.9. The summed E-state index contributed by atoms with van der Waals surface area (Å²) in [5.41, 5.74) is 1.58. The maximum absolute atomic E-state index is 12.7. The lowest BCUT2D eigenvalue weighted by Crippen LogP contribution is -2.54. The van der Waals surface area contributed by atoms with E-state index < -0.39 is 11.8 Å². The third kappa shape index (κ3) is 2.93. The minimum atomic E-state index is -0.530. The standard InChI is InChI=1S/C17H14N2O3S/c1-10-4-3-5-12(8-10)19-16(21)14(15(20)18-17(19)23)9-13-7-6-11(2)22-13/h3-9H,1-2H3,(H,18,20,23)/b14-9-. The lowest BCUT2D eigenvalue weighted by atomic mass is 10.1. The van der Waals surface area contributed by atoms with Crippen LogP contribution in [0.25, 0.3) is 6.08 Å². The first-order valence-corrected chi connectivity index (χ1v) is 7.41. The van der Waals surface area contributed by atoms with Crippen LogP contribution in [-0.2, 0) is 9.59 Å². The highest BCUT2D eigenvalue weighted by atomic mass is 32.1. The van der Waals surface area contributed by atoms with Crippen molar-refractivity contribution < 1.29 is 14.0 Å². The highest BCUT2D eigenvalue weighted by Gasteiger charge is 2.34. The molecule has 1 aromatic carbocycles. The van der Waals surface area contributed by atoms with Gasteiger partial charge in [-0.25, -0.2) is 0 Å². The van der Waals surface area contributed by atoms with E-state index in [-0.39, 0.29) is 10.7 Å². The molecular weight excluding hydrogens is 312 g/mol. The van der Waals surface area contributed by atoms with Gasteiger partial charge in [0.05, 0.1) is 5.69 Å². The number of thiocarbonyl (C=S) groups is 1. The second-order valence-electron chi connectivity index (χ2n) is 5.25. The van der Waals surface area contributed by atoms with Gasteiger partial charge in [-0.1, -0.05) is 12.1 Å². The van der Waals surface area contributed by atoms with Gasteiger partial charge < -0.3 is 4.42 Å². The van der Waals surface area contributed by atoms with Crippen LogP contribution in [0.1, 0.15) is 17.1 Å². The predicted octanol–water partition coefficient (Wildman–Crippen LogP) is 2.73. The zero-order chi connectivity index (χ0) is 16.6. The van der Waals surface area contributed by atoms with Crippen LogP contribution in [0.5, 0.6) is 0 Å². The molecule has 1 saturated heterocycles. The third-order valence-corrected chi connectivity index (χ3v) is 3.69. The Balaban J connectivity index is 2.02. The van der Waals surface area contributed by atoms with Crippen molar-refractivity contribution in [2.75, 3.05) is 4.90 Å². The molecule has 1 aromatic heterocycles. The van der Waals surface area contributed by atoms with Crippen molar-refractivity contribution in [1.82, 2.24) is 5.32 Å². The molecule has 2 heterocycles. The number of carbonyl (C=O) groups excluding carboxylic acids is 2. The van der Waals surface area contributed by atoms with Crippen LogP contribution in [0.15, 0.2) is 46.4 Å². The first-order valence-electron chi connectivity index (χ1n) is 7.00. The lowest BCUT2D eigenvalue weighted by Gasteiger charge is -2.28. The van der Waals surface area contributed by atoms with E-state index in [4.69, 9.17) is 16.6 Å². The van der Waals surface area contributed by atoms with E-state index in [0.29, 0.717) is 17.2 Å². The molecular formula is C17H14N2O3S. The van der Waals surface area contributed by atoms with Crippen LogP contribution in [0.4, 0.5) is 5.69 Å². The summed E-state index contributed by atoms with van der Waals surface area (Å²) >= 11 is 5.15. The number of aryl methyl sites for hydroxylation is 2. The van der Waals surface area contributed by atoms with Crippen molar-refractivity contribution in [3.8, 4) is 0 Å². The molecule has 0 saturated carbocycles. The molecule has 0 radical (unpaired) electrons. The fourth-order valence-corrected chi connectivity index (χ4v) is 2.61. The van der Waals surface area contributed by atoms with Crippen LogP contribution in [0.3, 0.4) is 0 Å². The molecule has 1 fully saturated rings. The van der Waals surface area contributed by atoms with Crippen LogP contribution >= 0.6 is 12.2 Å². The molecule has 6 heteroatoms. The molecule has 23 heavy (non-hydrogen) atoms. The number of hydrogen-bond donors (Lipinski definition) is 1. The van der Waals surface area contributed by atoms with Gasteiger partial charge in [0.2, 0.25) is 0 Å². The molecule has 2 aromatic rings. The maximum atomic E-state index is 12.7. The Morgan fingerprint density at radius 2 is 1.96 bits per heavy atom. The molecule has 0 atom stereocenters. The van der Waals surface area contributed by atoms with Crippen molar-refractivity contribution in [2.24, 2.45) is 0 Å². The van der Waals surface area contributed by atoms with Gasteiger partial charge in [-0.05, 0) is 62.0 Å². The molecule has 3 rings (SSSR count). The summed E-state index contributed by atoms with van der Waals surface area (Å²) in [6, 6.07) is 10.8. The molecule has 1 aliphatic heterocycles. The number of benzene rings is 1. The second-order valence-corrected chi connectivity index (χ2v) is 5.63. The van der Waals surface area contributed by atoms with E-state index in [2.05, 4.69) is 5.32 Å². The minimum absolute atomic E-state index is 0.0190. The fraction of sp³-hybridized carbons (Fsp3) is 0.118.